The second-order valence-corrected chi connectivity index (χ2v) is 9.37. The molecule has 0 aliphatic heterocycles. The highest BCUT2D eigenvalue weighted by atomic mass is 19.1. The van der Waals surface area contributed by atoms with Gasteiger partial charge in [0.2, 0.25) is 0 Å². The first-order valence-electron chi connectivity index (χ1n) is 11.2. The van der Waals surface area contributed by atoms with Crippen molar-refractivity contribution in [3.8, 4) is 0 Å². The molecule has 0 amide bonds. The summed E-state index contributed by atoms with van der Waals surface area (Å²) in [5.74, 6) is 1.03. The number of rotatable bonds is 2. The molecule has 3 aliphatic carbocycles. The molecule has 2 heteroatoms. The quantitative estimate of drug-likeness (QED) is 0.512. The normalized spacial score (nSPS) is 35.1. The van der Waals surface area contributed by atoms with E-state index in [2.05, 4.69) is 24.3 Å². The number of fused-ring (bicyclic) bond motifs is 4. The van der Waals surface area contributed by atoms with Crippen LogP contribution in [0.3, 0.4) is 0 Å². The van der Waals surface area contributed by atoms with Gasteiger partial charge in [0.1, 0.15) is 11.6 Å². The minimum absolute atomic E-state index is 0.0734. The van der Waals surface area contributed by atoms with Gasteiger partial charge in [0.05, 0.1) is 0 Å². The maximum Gasteiger partial charge on any atom is 0.123 e. The van der Waals surface area contributed by atoms with E-state index in [0.717, 1.165) is 0 Å². The van der Waals surface area contributed by atoms with Gasteiger partial charge in [0.25, 0.3) is 0 Å². The highest BCUT2D eigenvalue weighted by Crippen LogP contribution is 2.73. The van der Waals surface area contributed by atoms with E-state index in [0.29, 0.717) is 11.8 Å². The molecule has 148 valence electrons. The van der Waals surface area contributed by atoms with Crippen LogP contribution in [0.5, 0.6) is 0 Å². The van der Waals surface area contributed by atoms with E-state index in [1.165, 1.54) is 75.3 Å². The molecule has 0 aromatic heterocycles. The van der Waals surface area contributed by atoms with E-state index in [1.54, 1.807) is 24.3 Å². The van der Waals surface area contributed by atoms with Crippen molar-refractivity contribution in [2.24, 2.45) is 11.8 Å². The van der Waals surface area contributed by atoms with Crippen molar-refractivity contribution in [1.29, 1.82) is 0 Å². The van der Waals surface area contributed by atoms with Gasteiger partial charge < -0.3 is 0 Å². The number of hydrogen-bond donors (Lipinski definition) is 0. The molecule has 0 N–H and O–H groups in total. The summed E-state index contributed by atoms with van der Waals surface area (Å²) in [5, 5.41) is 0. The Morgan fingerprint density at radius 3 is 1.32 bits per heavy atom. The summed E-state index contributed by atoms with van der Waals surface area (Å²) < 4.78 is 27.6. The molecule has 0 bridgehead atoms. The third kappa shape index (κ3) is 2.46. The summed E-state index contributed by atoms with van der Waals surface area (Å²) >= 11 is 0. The lowest BCUT2D eigenvalue weighted by Crippen LogP contribution is -2.70. The van der Waals surface area contributed by atoms with Crippen molar-refractivity contribution in [1.82, 2.24) is 0 Å². The molecule has 3 fully saturated rings. The van der Waals surface area contributed by atoms with Crippen LogP contribution in [-0.2, 0) is 10.8 Å². The Labute approximate surface area is 167 Å². The summed E-state index contributed by atoms with van der Waals surface area (Å²) in [7, 11) is 0. The molecular weight excluding hydrogens is 350 g/mol. The van der Waals surface area contributed by atoms with Crippen LogP contribution in [0.1, 0.15) is 75.3 Å². The molecule has 0 radical (unpaired) electrons. The fraction of sp³-hybridized carbons (Fsp3) is 0.538. The SMILES string of the molecule is Fc1ccc([C@@]23CCCCC[C@H]2[C@@H]2CCCCC[C@]23c2ccc(F)cc2)cc1. The Morgan fingerprint density at radius 1 is 0.536 bits per heavy atom. The van der Waals surface area contributed by atoms with Crippen molar-refractivity contribution in [2.75, 3.05) is 0 Å². The molecule has 3 aliphatic rings. The van der Waals surface area contributed by atoms with Gasteiger partial charge in [-0.15, -0.1) is 0 Å². The minimum atomic E-state index is -0.155. The maximum absolute atomic E-state index is 13.8. The van der Waals surface area contributed by atoms with Crippen LogP contribution in [-0.4, -0.2) is 0 Å². The molecule has 0 saturated heterocycles. The first-order chi connectivity index (χ1) is 13.7. The smallest absolute Gasteiger partial charge is 0.123 e. The van der Waals surface area contributed by atoms with Gasteiger partial charge in [-0.05, 0) is 72.9 Å². The van der Waals surface area contributed by atoms with Crippen LogP contribution in [0.2, 0.25) is 0 Å². The molecule has 0 unspecified atom stereocenters. The standard InChI is InChI=1S/C26H30F2/c27-21-13-9-19(10-14-21)25-17-5-1-3-7-23(25)24-8-4-2-6-18-26(24,25)20-11-15-22(28)16-12-20/h9-16,23-24H,1-8,17-18H2/t23-,24-,25-,26-/m0/s1. The van der Waals surface area contributed by atoms with Crippen molar-refractivity contribution in [3.63, 3.8) is 0 Å². The molecule has 0 nitrogen and oxygen atoms in total. The van der Waals surface area contributed by atoms with Crippen molar-refractivity contribution in [2.45, 2.75) is 75.0 Å². The van der Waals surface area contributed by atoms with Crippen LogP contribution in [0.4, 0.5) is 8.78 Å². The molecule has 28 heavy (non-hydrogen) atoms. The van der Waals surface area contributed by atoms with E-state index in [-0.39, 0.29) is 22.5 Å². The molecular formula is C26H30F2. The lowest BCUT2D eigenvalue weighted by molar-refractivity contribution is -0.103. The van der Waals surface area contributed by atoms with Gasteiger partial charge in [-0.1, -0.05) is 62.8 Å². The fourth-order valence-electron chi connectivity index (χ4n) is 7.58. The van der Waals surface area contributed by atoms with Gasteiger partial charge in [-0.25, -0.2) is 8.78 Å². The zero-order valence-corrected chi connectivity index (χ0v) is 16.6. The van der Waals surface area contributed by atoms with Crippen LogP contribution in [0.15, 0.2) is 48.5 Å². The molecule has 4 atom stereocenters. The molecule has 0 heterocycles. The number of hydrogen-bond acceptors (Lipinski definition) is 0. The van der Waals surface area contributed by atoms with E-state index < -0.39 is 0 Å². The predicted octanol–water partition coefficient (Wildman–Crippen LogP) is 7.31. The molecule has 3 saturated carbocycles. The Hall–Kier alpha value is -1.70. The van der Waals surface area contributed by atoms with E-state index in [4.69, 9.17) is 0 Å². The average molecular weight is 381 g/mol. The van der Waals surface area contributed by atoms with Crippen molar-refractivity contribution >= 4 is 0 Å². The maximum atomic E-state index is 13.8. The lowest BCUT2D eigenvalue weighted by atomic mass is 9.32. The van der Waals surface area contributed by atoms with Crippen LogP contribution >= 0.6 is 0 Å². The van der Waals surface area contributed by atoms with Gasteiger partial charge >= 0.3 is 0 Å². The summed E-state index contributed by atoms with van der Waals surface area (Å²) in [6, 6.07) is 14.8. The zero-order valence-electron chi connectivity index (χ0n) is 16.6. The number of benzene rings is 2. The Morgan fingerprint density at radius 2 is 0.929 bits per heavy atom. The van der Waals surface area contributed by atoms with Gasteiger partial charge in [-0.3, -0.25) is 0 Å². The van der Waals surface area contributed by atoms with Crippen molar-refractivity contribution in [3.05, 3.63) is 71.3 Å². The van der Waals surface area contributed by atoms with Crippen molar-refractivity contribution < 1.29 is 8.78 Å². The first kappa shape index (κ1) is 18.3. The highest BCUT2D eigenvalue weighted by molar-refractivity contribution is 5.48. The van der Waals surface area contributed by atoms with Gasteiger partial charge in [0.15, 0.2) is 0 Å². The second-order valence-electron chi connectivity index (χ2n) is 9.37. The fourth-order valence-corrected chi connectivity index (χ4v) is 7.58. The molecule has 0 spiro atoms. The summed E-state index contributed by atoms with van der Waals surface area (Å²) in [6.07, 6.45) is 12.6. The van der Waals surface area contributed by atoms with E-state index in [9.17, 15) is 8.78 Å². The Kier molecular flexibility index (Phi) is 4.56. The average Bonchev–Trinajstić information content (AvgIpc) is 3.02. The molecule has 2 aromatic carbocycles. The summed E-state index contributed by atoms with van der Waals surface area (Å²) in [5.41, 5.74) is 2.79. The van der Waals surface area contributed by atoms with Gasteiger partial charge in [0, 0.05) is 10.8 Å². The predicted molar refractivity (Wildman–Crippen MR) is 109 cm³/mol. The first-order valence-corrected chi connectivity index (χ1v) is 11.2. The van der Waals surface area contributed by atoms with E-state index in [1.807, 2.05) is 0 Å². The molecule has 2 aromatic rings. The Bertz CT molecular complexity index is 753. The van der Waals surface area contributed by atoms with Crippen LogP contribution in [0, 0.1) is 23.5 Å². The monoisotopic (exact) mass is 380 g/mol. The Balaban J connectivity index is 1.74. The highest BCUT2D eigenvalue weighted by Gasteiger charge is 2.71. The van der Waals surface area contributed by atoms with Crippen LogP contribution in [0.25, 0.3) is 0 Å². The summed E-state index contributed by atoms with van der Waals surface area (Å²) in [4.78, 5) is 0. The lowest BCUT2D eigenvalue weighted by Gasteiger charge is -2.71. The number of halogens is 2. The third-order valence-corrected chi connectivity index (χ3v) is 8.44. The van der Waals surface area contributed by atoms with Gasteiger partial charge in [-0.2, -0.15) is 0 Å². The molecule has 5 rings (SSSR count). The van der Waals surface area contributed by atoms with Crippen LogP contribution < -0.4 is 0 Å². The largest absolute Gasteiger partial charge is 0.207 e. The minimum Gasteiger partial charge on any atom is -0.207 e. The van der Waals surface area contributed by atoms with E-state index >= 15 is 0 Å². The zero-order chi connectivity index (χ0) is 19.2. The topological polar surface area (TPSA) is 0 Å². The second kappa shape index (κ2) is 6.97. The summed E-state index contributed by atoms with van der Waals surface area (Å²) in [6.45, 7) is 0. The third-order valence-electron chi connectivity index (χ3n) is 8.44.